The lowest BCUT2D eigenvalue weighted by atomic mass is 9.97. The second-order valence-electron chi connectivity index (χ2n) is 11.2. The average molecular weight is 594 g/mol. The number of amides is 3. The zero-order valence-electron chi connectivity index (χ0n) is 26.3. The summed E-state index contributed by atoms with van der Waals surface area (Å²) in [6.45, 7) is 13.8. The molecule has 2 N–H and O–H groups in total. The molecule has 1 aromatic carbocycles. The Labute approximate surface area is 250 Å². The van der Waals surface area contributed by atoms with Crippen molar-refractivity contribution in [3.8, 4) is 0 Å². The van der Waals surface area contributed by atoms with Gasteiger partial charge in [0, 0.05) is 13.1 Å². The second-order valence-corrected chi connectivity index (χ2v) is 12.2. The normalized spacial score (nSPS) is 12.7. The molecule has 0 radical (unpaired) electrons. The van der Waals surface area contributed by atoms with E-state index < -0.39 is 29.7 Å². The van der Waals surface area contributed by atoms with Gasteiger partial charge in [-0.3, -0.25) is 14.4 Å². The third kappa shape index (κ3) is 13.6. The van der Waals surface area contributed by atoms with Gasteiger partial charge in [0.1, 0.15) is 17.7 Å². The number of ether oxygens (including phenoxy) is 2. The SMILES string of the molecule is CCCCCCN(C(=O)C(CCSC)NC(=O)OC(C)(C)C)C(C(=O)NCCC(=O)OCC)c1ccc(C)c(C)c1. The highest BCUT2D eigenvalue weighted by atomic mass is 32.2. The fourth-order valence-electron chi connectivity index (χ4n) is 4.24. The standard InChI is InChI=1S/C31H51N3O6S/c1-9-11-12-13-19-34(29(37)25(17-20-41-8)33-30(38)40-31(5,6)7)27(24-15-14-22(3)23(4)21-24)28(36)32-18-16-26(35)39-10-2/h14-15,21,25,27H,9-13,16-20H2,1-8H3,(H,32,36)(H,33,38). The third-order valence-corrected chi connectivity index (χ3v) is 7.12. The zero-order valence-corrected chi connectivity index (χ0v) is 27.1. The molecule has 232 valence electrons. The number of rotatable bonds is 17. The van der Waals surface area contributed by atoms with E-state index in [1.54, 1.807) is 44.4 Å². The van der Waals surface area contributed by atoms with E-state index in [0.29, 0.717) is 30.7 Å². The molecule has 1 aromatic rings. The number of carbonyl (C=O) groups is 4. The number of nitrogens with one attached hydrogen (secondary N) is 2. The largest absolute Gasteiger partial charge is 0.466 e. The van der Waals surface area contributed by atoms with Gasteiger partial charge in [0.25, 0.3) is 0 Å². The van der Waals surface area contributed by atoms with E-state index in [-0.39, 0.29) is 31.4 Å². The summed E-state index contributed by atoms with van der Waals surface area (Å²) in [4.78, 5) is 54.2. The van der Waals surface area contributed by atoms with E-state index in [1.807, 2.05) is 38.3 Å². The molecule has 41 heavy (non-hydrogen) atoms. The first-order valence-corrected chi connectivity index (χ1v) is 16.0. The van der Waals surface area contributed by atoms with Crippen LogP contribution < -0.4 is 10.6 Å². The number of aryl methyl sites for hydroxylation is 2. The first kappa shape index (κ1) is 36.3. The predicted octanol–water partition coefficient (Wildman–Crippen LogP) is 5.47. The Hall–Kier alpha value is -2.75. The van der Waals surface area contributed by atoms with Crippen molar-refractivity contribution in [1.29, 1.82) is 0 Å². The fourth-order valence-corrected chi connectivity index (χ4v) is 4.72. The van der Waals surface area contributed by atoms with Crippen LogP contribution in [0.4, 0.5) is 4.79 Å². The van der Waals surface area contributed by atoms with Crippen molar-refractivity contribution in [2.75, 3.05) is 31.7 Å². The highest BCUT2D eigenvalue weighted by Crippen LogP contribution is 2.26. The monoisotopic (exact) mass is 593 g/mol. The van der Waals surface area contributed by atoms with E-state index in [1.165, 1.54) is 0 Å². The maximum Gasteiger partial charge on any atom is 0.408 e. The van der Waals surface area contributed by atoms with Crippen LogP contribution in [0.1, 0.15) is 95.9 Å². The van der Waals surface area contributed by atoms with Gasteiger partial charge < -0.3 is 25.0 Å². The van der Waals surface area contributed by atoms with Gasteiger partial charge in [0.15, 0.2) is 0 Å². The lowest BCUT2D eigenvalue weighted by molar-refractivity contribution is -0.144. The number of carbonyl (C=O) groups excluding carboxylic acids is 4. The molecule has 9 nitrogen and oxygen atoms in total. The molecule has 0 bridgehead atoms. The van der Waals surface area contributed by atoms with Crippen molar-refractivity contribution >= 4 is 35.6 Å². The molecule has 0 saturated carbocycles. The van der Waals surface area contributed by atoms with Crippen LogP contribution in [-0.2, 0) is 23.9 Å². The summed E-state index contributed by atoms with van der Waals surface area (Å²) in [7, 11) is 0. The topological polar surface area (TPSA) is 114 Å². The van der Waals surface area contributed by atoms with E-state index in [0.717, 1.165) is 30.4 Å². The first-order valence-electron chi connectivity index (χ1n) is 14.6. The molecule has 10 heteroatoms. The number of esters is 1. The first-order chi connectivity index (χ1) is 19.3. The number of unbranched alkanes of at least 4 members (excludes halogenated alkanes) is 3. The highest BCUT2D eigenvalue weighted by molar-refractivity contribution is 7.98. The van der Waals surface area contributed by atoms with Crippen LogP contribution in [0.2, 0.25) is 0 Å². The van der Waals surface area contributed by atoms with Gasteiger partial charge >= 0.3 is 12.1 Å². The molecular formula is C31H51N3O6S. The van der Waals surface area contributed by atoms with Gasteiger partial charge in [-0.05, 0) is 83.1 Å². The van der Waals surface area contributed by atoms with Gasteiger partial charge in [-0.2, -0.15) is 11.8 Å². The summed E-state index contributed by atoms with van der Waals surface area (Å²) in [5, 5.41) is 5.62. The van der Waals surface area contributed by atoms with Crippen LogP contribution in [0.3, 0.4) is 0 Å². The van der Waals surface area contributed by atoms with Crippen molar-refractivity contribution in [3.05, 3.63) is 34.9 Å². The highest BCUT2D eigenvalue weighted by Gasteiger charge is 2.36. The van der Waals surface area contributed by atoms with Gasteiger partial charge in [0.05, 0.1) is 13.0 Å². The van der Waals surface area contributed by atoms with Gasteiger partial charge in [0.2, 0.25) is 11.8 Å². The lowest BCUT2D eigenvalue weighted by Gasteiger charge is -2.35. The van der Waals surface area contributed by atoms with E-state index in [9.17, 15) is 19.2 Å². The number of alkyl carbamates (subject to hydrolysis) is 1. The molecule has 0 heterocycles. The Bertz CT molecular complexity index is 995. The van der Waals surface area contributed by atoms with Crippen LogP contribution in [0, 0.1) is 13.8 Å². The zero-order chi connectivity index (χ0) is 31.0. The average Bonchev–Trinajstić information content (AvgIpc) is 2.88. The fraction of sp³-hybridized carbons (Fsp3) is 0.677. The minimum Gasteiger partial charge on any atom is -0.466 e. The predicted molar refractivity (Wildman–Crippen MR) is 165 cm³/mol. The molecule has 2 atom stereocenters. The van der Waals surface area contributed by atoms with Gasteiger partial charge in [-0.25, -0.2) is 4.79 Å². The van der Waals surface area contributed by atoms with Crippen LogP contribution in [0.25, 0.3) is 0 Å². The van der Waals surface area contributed by atoms with Crippen LogP contribution in [0.15, 0.2) is 18.2 Å². The summed E-state index contributed by atoms with van der Waals surface area (Å²) >= 11 is 1.57. The minimum absolute atomic E-state index is 0.0280. The molecule has 1 rings (SSSR count). The molecule has 0 spiro atoms. The Kier molecular flexibility index (Phi) is 16.5. The maximum atomic E-state index is 14.2. The molecule has 0 aliphatic rings. The maximum absolute atomic E-state index is 14.2. The van der Waals surface area contributed by atoms with E-state index >= 15 is 0 Å². The van der Waals surface area contributed by atoms with Crippen LogP contribution >= 0.6 is 11.8 Å². The van der Waals surface area contributed by atoms with Crippen LogP contribution in [-0.4, -0.2) is 72.1 Å². The lowest BCUT2D eigenvalue weighted by Crippen LogP contribution is -2.53. The third-order valence-electron chi connectivity index (χ3n) is 6.48. The molecule has 0 aliphatic carbocycles. The Morgan fingerprint density at radius 2 is 1.73 bits per heavy atom. The van der Waals surface area contributed by atoms with E-state index in [4.69, 9.17) is 9.47 Å². The van der Waals surface area contributed by atoms with Gasteiger partial charge in [-0.1, -0.05) is 44.4 Å². The van der Waals surface area contributed by atoms with Crippen molar-refractivity contribution in [2.45, 2.75) is 105 Å². The Morgan fingerprint density at radius 1 is 1.02 bits per heavy atom. The summed E-state index contributed by atoms with van der Waals surface area (Å²) in [5.41, 5.74) is 2.01. The summed E-state index contributed by atoms with van der Waals surface area (Å²) < 4.78 is 10.4. The smallest absolute Gasteiger partial charge is 0.408 e. The Morgan fingerprint density at radius 3 is 2.32 bits per heavy atom. The van der Waals surface area contributed by atoms with Crippen molar-refractivity contribution in [2.24, 2.45) is 0 Å². The summed E-state index contributed by atoms with van der Waals surface area (Å²) in [6.07, 6.45) is 5.32. The molecule has 0 aromatic heterocycles. The number of nitrogens with zero attached hydrogens (tertiary/aromatic N) is 1. The van der Waals surface area contributed by atoms with E-state index in [2.05, 4.69) is 17.6 Å². The number of benzene rings is 1. The number of hydrogen-bond donors (Lipinski definition) is 2. The quantitative estimate of drug-likeness (QED) is 0.182. The molecule has 0 saturated heterocycles. The number of hydrogen-bond acceptors (Lipinski definition) is 7. The van der Waals surface area contributed by atoms with Crippen molar-refractivity contribution in [1.82, 2.24) is 15.5 Å². The molecular weight excluding hydrogens is 542 g/mol. The summed E-state index contributed by atoms with van der Waals surface area (Å²) in [6, 6.07) is 3.92. The summed E-state index contributed by atoms with van der Waals surface area (Å²) in [5.74, 6) is -0.496. The van der Waals surface area contributed by atoms with Crippen LogP contribution in [0.5, 0.6) is 0 Å². The van der Waals surface area contributed by atoms with Gasteiger partial charge in [-0.15, -0.1) is 0 Å². The molecule has 2 unspecified atom stereocenters. The Balaban J connectivity index is 3.47. The molecule has 0 fully saturated rings. The minimum atomic E-state index is -0.942. The molecule has 3 amide bonds. The molecule has 0 aliphatic heterocycles. The number of thioether (sulfide) groups is 1. The van der Waals surface area contributed by atoms with Crippen molar-refractivity contribution in [3.63, 3.8) is 0 Å². The van der Waals surface area contributed by atoms with Crippen molar-refractivity contribution < 1.29 is 28.7 Å². The second kappa shape index (κ2) is 18.6.